The van der Waals surface area contributed by atoms with Crippen LogP contribution in [0.3, 0.4) is 0 Å². The maximum absolute atomic E-state index is 11.7. The number of benzene rings is 1. The molecule has 2 atom stereocenters. The van der Waals surface area contributed by atoms with Gasteiger partial charge in [0.2, 0.25) is 5.91 Å². The van der Waals surface area contributed by atoms with Crippen molar-refractivity contribution in [1.82, 2.24) is 5.32 Å². The number of nitrogens with two attached hydrogens (primary N) is 1. The van der Waals surface area contributed by atoms with E-state index < -0.39 is 0 Å². The van der Waals surface area contributed by atoms with Gasteiger partial charge in [-0.15, -0.1) is 0 Å². The zero-order chi connectivity index (χ0) is 13.4. The Balaban J connectivity index is 2.28. The number of carbonyl (C=O) groups excluding carboxylic acids is 1. The Kier molecular flexibility index (Phi) is 6.83. The predicted octanol–water partition coefficient (Wildman–Crippen LogP) is 2.19. The summed E-state index contributed by atoms with van der Waals surface area (Å²) in [5.74, 6) is 1.99. The Labute approximate surface area is 114 Å². The van der Waals surface area contributed by atoms with Crippen LogP contribution in [0.2, 0.25) is 0 Å². The Morgan fingerprint density at radius 2 is 2.00 bits per heavy atom. The molecule has 0 aliphatic heterocycles. The second-order valence-corrected chi connectivity index (χ2v) is 5.59. The molecule has 1 rings (SSSR count). The lowest BCUT2D eigenvalue weighted by Crippen LogP contribution is -2.28. The maximum atomic E-state index is 11.7. The van der Waals surface area contributed by atoms with Gasteiger partial charge in [0.25, 0.3) is 0 Å². The number of hydrogen-bond acceptors (Lipinski definition) is 3. The van der Waals surface area contributed by atoms with E-state index in [4.69, 9.17) is 5.73 Å². The third-order valence-corrected chi connectivity index (χ3v) is 3.99. The third-order valence-electron chi connectivity index (χ3n) is 2.71. The van der Waals surface area contributed by atoms with Gasteiger partial charge in [0, 0.05) is 0 Å². The molecule has 0 fully saturated rings. The highest BCUT2D eigenvalue weighted by atomic mass is 32.2. The molecule has 0 spiro atoms. The molecule has 0 heterocycles. The molecule has 3 N–H and O–H groups in total. The zero-order valence-electron chi connectivity index (χ0n) is 11.1. The highest BCUT2D eigenvalue weighted by Crippen LogP contribution is 2.12. The summed E-state index contributed by atoms with van der Waals surface area (Å²) in [5, 5.41) is 3.00. The fraction of sp³-hybridized carbons (Fsp3) is 0.500. The molecule has 0 aliphatic carbocycles. The van der Waals surface area contributed by atoms with E-state index in [0.29, 0.717) is 18.2 Å². The highest BCUT2D eigenvalue weighted by molar-refractivity contribution is 7.99. The molecule has 4 heteroatoms. The van der Waals surface area contributed by atoms with Crippen LogP contribution < -0.4 is 11.1 Å². The van der Waals surface area contributed by atoms with Crippen LogP contribution in [0.15, 0.2) is 30.3 Å². The highest BCUT2D eigenvalue weighted by Gasteiger charge is 2.09. The summed E-state index contributed by atoms with van der Waals surface area (Å²) < 4.78 is 0. The van der Waals surface area contributed by atoms with E-state index in [0.717, 1.165) is 11.3 Å². The molecule has 1 aromatic rings. The summed E-state index contributed by atoms with van der Waals surface area (Å²) in [4.78, 5) is 11.7. The first kappa shape index (κ1) is 15.1. The summed E-state index contributed by atoms with van der Waals surface area (Å²) in [6.07, 6.45) is 0. The number of carbonyl (C=O) groups is 1. The van der Waals surface area contributed by atoms with E-state index in [1.54, 1.807) is 11.8 Å². The first-order valence-corrected chi connectivity index (χ1v) is 7.41. The quantitative estimate of drug-likeness (QED) is 0.795. The number of rotatable bonds is 7. The molecule has 2 unspecified atom stereocenters. The molecule has 0 saturated heterocycles. The largest absolute Gasteiger partial charge is 0.349 e. The van der Waals surface area contributed by atoms with Crippen molar-refractivity contribution in [3.63, 3.8) is 0 Å². The second kappa shape index (κ2) is 8.16. The normalized spacial score (nSPS) is 13.9. The van der Waals surface area contributed by atoms with Crippen molar-refractivity contribution in [2.75, 3.05) is 18.1 Å². The average Bonchev–Trinajstić information content (AvgIpc) is 2.39. The predicted molar refractivity (Wildman–Crippen MR) is 78.5 cm³/mol. The van der Waals surface area contributed by atoms with E-state index in [1.807, 2.05) is 37.3 Å². The fourth-order valence-electron chi connectivity index (χ4n) is 1.53. The van der Waals surface area contributed by atoms with Crippen LogP contribution >= 0.6 is 11.8 Å². The molecule has 18 heavy (non-hydrogen) atoms. The minimum atomic E-state index is 0.0613. The van der Waals surface area contributed by atoms with E-state index in [1.165, 1.54) is 0 Å². The Morgan fingerprint density at radius 3 is 2.61 bits per heavy atom. The van der Waals surface area contributed by atoms with Gasteiger partial charge in [-0.25, -0.2) is 0 Å². The van der Waals surface area contributed by atoms with Gasteiger partial charge in [0.15, 0.2) is 0 Å². The molecule has 1 amide bonds. The Morgan fingerprint density at radius 1 is 1.33 bits per heavy atom. The van der Waals surface area contributed by atoms with Crippen LogP contribution in [0.5, 0.6) is 0 Å². The summed E-state index contributed by atoms with van der Waals surface area (Å²) in [6.45, 7) is 4.77. The van der Waals surface area contributed by atoms with Crippen molar-refractivity contribution in [2.45, 2.75) is 19.9 Å². The Hall–Kier alpha value is -1.00. The van der Waals surface area contributed by atoms with Crippen LogP contribution in [0.4, 0.5) is 0 Å². The van der Waals surface area contributed by atoms with E-state index in [-0.39, 0.29) is 11.9 Å². The van der Waals surface area contributed by atoms with E-state index >= 15 is 0 Å². The lowest BCUT2D eigenvalue weighted by atomic mass is 10.1. The first-order chi connectivity index (χ1) is 8.63. The molecule has 3 nitrogen and oxygen atoms in total. The molecular formula is C14H22N2OS. The van der Waals surface area contributed by atoms with Crippen molar-refractivity contribution in [3.05, 3.63) is 35.9 Å². The van der Waals surface area contributed by atoms with Crippen LogP contribution in [-0.4, -0.2) is 24.0 Å². The van der Waals surface area contributed by atoms with Crippen molar-refractivity contribution < 1.29 is 4.79 Å². The monoisotopic (exact) mass is 266 g/mol. The molecule has 0 saturated carbocycles. The molecule has 1 aromatic carbocycles. The van der Waals surface area contributed by atoms with Gasteiger partial charge in [0.05, 0.1) is 11.8 Å². The number of nitrogens with one attached hydrogen (secondary N) is 1. The van der Waals surface area contributed by atoms with Crippen LogP contribution in [0.1, 0.15) is 25.5 Å². The smallest absolute Gasteiger partial charge is 0.230 e. The lowest BCUT2D eigenvalue weighted by molar-refractivity contribution is -0.119. The molecule has 0 aromatic heterocycles. The van der Waals surface area contributed by atoms with Crippen molar-refractivity contribution >= 4 is 17.7 Å². The summed E-state index contributed by atoms with van der Waals surface area (Å²) >= 11 is 1.64. The molecular weight excluding hydrogens is 244 g/mol. The van der Waals surface area contributed by atoms with Gasteiger partial charge in [-0.3, -0.25) is 4.79 Å². The summed E-state index contributed by atoms with van der Waals surface area (Å²) in [7, 11) is 0. The number of hydrogen-bond donors (Lipinski definition) is 2. The van der Waals surface area contributed by atoms with Crippen molar-refractivity contribution in [1.29, 1.82) is 0 Å². The third kappa shape index (κ3) is 5.56. The van der Waals surface area contributed by atoms with Gasteiger partial charge in [-0.2, -0.15) is 11.8 Å². The number of thioether (sulfide) groups is 1. The second-order valence-electron chi connectivity index (χ2n) is 4.56. The van der Waals surface area contributed by atoms with Gasteiger partial charge in [0.1, 0.15) is 0 Å². The minimum Gasteiger partial charge on any atom is -0.349 e. The average molecular weight is 266 g/mol. The van der Waals surface area contributed by atoms with Crippen molar-refractivity contribution in [3.8, 4) is 0 Å². The van der Waals surface area contributed by atoms with Crippen LogP contribution in [0.25, 0.3) is 0 Å². The molecule has 100 valence electrons. The molecule has 0 bridgehead atoms. The SMILES string of the molecule is CC(CN)CSCC(=O)NC(C)c1ccccc1. The zero-order valence-corrected chi connectivity index (χ0v) is 11.9. The first-order valence-electron chi connectivity index (χ1n) is 6.25. The molecule has 0 radical (unpaired) electrons. The van der Waals surface area contributed by atoms with E-state index in [9.17, 15) is 4.79 Å². The van der Waals surface area contributed by atoms with Gasteiger partial charge < -0.3 is 11.1 Å². The maximum Gasteiger partial charge on any atom is 0.230 e. The summed E-state index contributed by atoms with van der Waals surface area (Å²) in [6, 6.07) is 10.0. The van der Waals surface area contributed by atoms with Crippen LogP contribution in [0, 0.1) is 5.92 Å². The van der Waals surface area contributed by atoms with Gasteiger partial charge in [-0.05, 0) is 30.7 Å². The van der Waals surface area contributed by atoms with Crippen molar-refractivity contribution in [2.24, 2.45) is 11.7 Å². The fourth-order valence-corrected chi connectivity index (χ4v) is 2.45. The standard InChI is InChI=1S/C14H22N2OS/c1-11(8-15)9-18-10-14(17)16-12(2)13-6-4-3-5-7-13/h3-7,11-12H,8-10,15H2,1-2H3,(H,16,17). The molecule has 0 aliphatic rings. The Bertz CT molecular complexity index is 356. The minimum absolute atomic E-state index is 0.0613. The van der Waals surface area contributed by atoms with Gasteiger partial charge in [-0.1, -0.05) is 37.3 Å². The number of amides is 1. The topological polar surface area (TPSA) is 55.1 Å². The summed E-state index contributed by atoms with van der Waals surface area (Å²) in [5.41, 5.74) is 6.66. The van der Waals surface area contributed by atoms with E-state index in [2.05, 4.69) is 12.2 Å². The lowest BCUT2D eigenvalue weighted by Gasteiger charge is -2.14. The van der Waals surface area contributed by atoms with Crippen LogP contribution in [-0.2, 0) is 4.79 Å². The van der Waals surface area contributed by atoms with Gasteiger partial charge >= 0.3 is 0 Å².